The molecule has 0 heterocycles. The van der Waals surface area contributed by atoms with Crippen LogP contribution in [0.15, 0.2) is 0 Å². The Hall–Kier alpha value is 1.67. The maximum absolute atomic E-state index is 8.55. The molecule has 0 amide bonds. The molecule has 0 atom stereocenters. The summed E-state index contributed by atoms with van der Waals surface area (Å²) in [4.78, 5) is 51.3. The number of hydrogen-bond acceptors (Lipinski definition) is 8. The molecule has 0 aromatic rings. The van der Waals surface area contributed by atoms with E-state index in [1.807, 2.05) is 0 Å². The molecule has 12 heteroatoms. The van der Waals surface area contributed by atoms with Crippen molar-refractivity contribution in [3.63, 3.8) is 0 Å². The molecule has 0 aromatic heterocycles. The van der Waals surface area contributed by atoms with E-state index >= 15 is 0 Å². The summed E-state index contributed by atoms with van der Waals surface area (Å²) in [5, 5.41) is 0. The molecule has 0 unspecified atom stereocenters. The van der Waals surface area contributed by atoms with Gasteiger partial charge in [-0.25, -0.2) is 0 Å². The van der Waals surface area contributed by atoms with E-state index in [-0.39, 0.29) is 44.1 Å². The number of hydrogen-bond donors (Lipinski definition) is 0. The second-order valence-electron chi connectivity index (χ2n) is 0.894. The zero-order valence-electron chi connectivity index (χ0n) is 5.28. The van der Waals surface area contributed by atoms with Crippen LogP contribution >= 0.6 is 15.6 Å². The average molecular weight is 310 g/mol. The van der Waals surface area contributed by atoms with Crippen molar-refractivity contribution in [2.45, 2.75) is 0 Å². The van der Waals surface area contributed by atoms with Crippen LogP contribution in [0.25, 0.3) is 0 Å². The van der Waals surface area contributed by atoms with Gasteiger partial charge >= 0.3 is 44.1 Å². The molecule has 8 nitrogen and oxygen atoms in total. The molecular formula is MgMoO8P2. The fourth-order valence-electron chi connectivity index (χ4n) is 0. The maximum Gasteiger partial charge on any atom is 4.00 e. The third-order valence-electron chi connectivity index (χ3n) is 0. The predicted molar refractivity (Wildman–Crippen MR) is 21.0 cm³/mol. The molecular weight excluding hydrogens is 310 g/mol. The van der Waals surface area contributed by atoms with E-state index in [2.05, 4.69) is 0 Å². The van der Waals surface area contributed by atoms with Crippen molar-refractivity contribution in [2.24, 2.45) is 0 Å². The van der Waals surface area contributed by atoms with Gasteiger partial charge in [-0.05, 0) is 0 Å². The van der Waals surface area contributed by atoms with Crippen LogP contribution in [0.4, 0.5) is 0 Å². The minimum Gasteiger partial charge on any atom is -0.822 e. The molecule has 0 aliphatic heterocycles. The number of rotatable bonds is 0. The summed E-state index contributed by atoms with van der Waals surface area (Å²) in [5.74, 6) is 0. The molecule has 0 N–H and O–H groups in total. The van der Waals surface area contributed by atoms with Gasteiger partial charge in [0.2, 0.25) is 0 Å². The van der Waals surface area contributed by atoms with Crippen molar-refractivity contribution in [1.82, 2.24) is 0 Å². The fourth-order valence-corrected chi connectivity index (χ4v) is 0. The summed E-state index contributed by atoms with van der Waals surface area (Å²) in [5.41, 5.74) is 0. The second kappa shape index (κ2) is 9.24. The van der Waals surface area contributed by atoms with E-state index in [1.165, 1.54) is 0 Å². The van der Waals surface area contributed by atoms with Crippen molar-refractivity contribution in [3.8, 4) is 0 Å². The van der Waals surface area contributed by atoms with Gasteiger partial charge in [0, 0.05) is 0 Å². The molecule has 0 saturated heterocycles. The Balaban J connectivity index is -0.0000000457. The van der Waals surface area contributed by atoms with E-state index in [9.17, 15) is 0 Å². The van der Waals surface area contributed by atoms with Gasteiger partial charge in [-0.15, -0.1) is 0 Å². The van der Waals surface area contributed by atoms with Crippen LogP contribution in [0.1, 0.15) is 0 Å². The van der Waals surface area contributed by atoms with Crippen LogP contribution in [0, 0.1) is 0 Å². The van der Waals surface area contributed by atoms with Crippen molar-refractivity contribution >= 4 is 38.7 Å². The molecule has 0 rings (SSSR count). The molecule has 0 saturated carbocycles. The molecule has 66 valence electrons. The molecule has 0 fully saturated rings. The summed E-state index contributed by atoms with van der Waals surface area (Å²) in [7, 11) is -10.8. The third kappa shape index (κ3) is 474. The first kappa shape index (κ1) is 23.5. The molecule has 0 radical (unpaired) electrons. The second-order valence-corrected chi connectivity index (χ2v) is 2.68. The van der Waals surface area contributed by atoms with Crippen LogP contribution in [0.5, 0.6) is 0 Å². The zero-order chi connectivity index (χ0) is 9.00. The van der Waals surface area contributed by atoms with Crippen LogP contribution in [-0.2, 0) is 30.2 Å². The Morgan fingerprint density at radius 3 is 0.667 bits per heavy atom. The SMILES string of the molecule is O=P([O-])([O-])[O-].O=P([O-])([O-])[O-].[Mg+2].[Mo+4]. The summed E-state index contributed by atoms with van der Waals surface area (Å²) < 4.78 is 17.1. The average Bonchev–Trinajstić information content (AvgIpc) is 1.12. The predicted octanol–water partition coefficient (Wildman–Crippen LogP) is -6.03. The van der Waals surface area contributed by atoms with Crippen LogP contribution < -0.4 is 29.4 Å². The molecule has 0 aliphatic carbocycles. The smallest absolute Gasteiger partial charge is 0.822 e. The summed E-state index contributed by atoms with van der Waals surface area (Å²) in [6.45, 7) is 0. The van der Waals surface area contributed by atoms with E-state index in [0.29, 0.717) is 0 Å². The van der Waals surface area contributed by atoms with E-state index in [0.717, 1.165) is 0 Å². The zero-order valence-corrected chi connectivity index (χ0v) is 10.5. The van der Waals surface area contributed by atoms with Crippen molar-refractivity contribution < 1.29 is 59.6 Å². The van der Waals surface area contributed by atoms with Gasteiger partial charge in [0.25, 0.3) is 0 Å². The quantitative estimate of drug-likeness (QED) is 0.314. The third-order valence-corrected chi connectivity index (χ3v) is 0. The van der Waals surface area contributed by atoms with Gasteiger partial charge in [-0.1, -0.05) is 0 Å². The van der Waals surface area contributed by atoms with Gasteiger partial charge < -0.3 is 38.5 Å². The summed E-state index contributed by atoms with van der Waals surface area (Å²) >= 11 is 0. The Bertz CT molecular complexity index is 129. The maximum atomic E-state index is 8.55. The van der Waals surface area contributed by atoms with Crippen LogP contribution in [0.2, 0.25) is 0 Å². The summed E-state index contributed by atoms with van der Waals surface area (Å²) in [6.07, 6.45) is 0. The Kier molecular flexibility index (Phi) is 18.1. The minimum absolute atomic E-state index is 0. The molecule has 0 aromatic carbocycles. The molecule has 0 bridgehead atoms. The topological polar surface area (TPSA) is 172 Å². The van der Waals surface area contributed by atoms with E-state index < -0.39 is 15.6 Å². The van der Waals surface area contributed by atoms with Gasteiger partial charge in [0.15, 0.2) is 0 Å². The van der Waals surface area contributed by atoms with E-state index in [4.69, 9.17) is 38.5 Å². The minimum atomic E-state index is -5.39. The Morgan fingerprint density at radius 2 is 0.667 bits per heavy atom. The number of phosphoric acid groups is 2. The largest absolute Gasteiger partial charge is 4.00 e. The van der Waals surface area contributed by atoms with Gasteiger partial charge in [0.05, 0.1) is 0 Å². The Labute approximate surface area is 97.9 Å². The van der Waals surface area contributed by atoms with Gasteiger partial charge in [-0.3, -0.25) is 0 Å². The van der Waals surface area contributed by atoms with Crippen molar-refractivity contribution in [2.75, 3.05) is 0 Å². The summed E-state index contributed by atoms with van der Waals surface area (Å²) in [6, 6.07) is 0. The van der Waals surface area contributed by atoms with Crippen molar-refractivity contribution in [3.05, 3.63) is 0 Å². The van der Waals surface area contributed by atoms with Gasteiger partial charge in [0.1, 0.15) is 0 Å². The normalized spacial score (nSPS) is 9.83. The first-order chi connectivity index (χ1) is 4.00. The molecule has 12 heavy (non-hydrogen) atoms. The van der Waals surface area contributed by atoms with E-state index in [1.54, 1.807) is 0 Å². The first-order valence-corrected chi connectivity index (χ1v) is 4.38. The monoisotopic (exact) mass is 312 g/mol. The fraction of sp³-hybridized carbons (Fsp3) is 0. The van der Waals surface area contributed by atoms with Crippen LogP contribution in [0.3, 0.4) is 0 Å². The van der Waals surface area contributed by atoms with Gasteiger partial charge in [-0.2, -0.15) is 15.6 Å². The molecule has 0 spiro atoms. The molecule has 0 aliphatic rings. The van der Waals surface area contributed by atoms with Crippen molar-refractivity contribution in [1.29, 1.82) is 0 Å². The first-order valence-electron chi connectivity index (χ1n) is 1.46. The standard InChI is InChI=1S/Mg.Mo.2H3O4P/c;;2*1-5(2,3)4/h;;2*(H3,1,2,3,4)/q+2;+4;;/p-6. The van der Waals surface area contributed by atoms with Crippen LogP contribution in [-0.4, -0.2) is 23.1 Å². The Morgan fingerprint density at radius 1 is 0.667 bits per heavy atom.